The van der Waals surface area contributed by atoms with Crippen LogP contribution in [0, 0.1) is 0 Å². The van der Waals surface area contributed by atoms with Gasteiger partial charge in [0.05, 0.1) is 18.4 Å². The Kier molecular flexibility index (Phi) is 8.87. The van der Waals surface area contributed by atoms with Gasteiger partial charge in [-0.3, -0.25) is 9.59 Å². The van der Waals surface area contributed by atoms with Gasteiger partial charge in [0.15, 0.2) is 6.61 Å². The lowest BCUT2D eigenvalue weighted by Crippen LogP contribution is -2.45. The lowest BCUT2D eigenvalue weighted by molar-refractivity contribution is -0.138. The number of nitrogens with one attached hydrogen (secondary N) is 1. The molecule has 1 aliphatic heterocycles. The topological polar surface area (TPSA) is 84.9 Å². The smallest absolute Gasteiger partial charge is 0.340 e. The van der Waals surface area contributed by atoms with E-state index in [0.29, 0.717) is 18.7 Å². The summed E-state index contributed by atoms with van der Waals surface area (Å²) in [5.41, 5.74) is 1.62. The van der Waals surface area contributed by atoms with Gasteiger partial charge >= 0.3 is 5.97 Å². The standard InChI is InChI=1S/C26H32N2O5/c1-3-20-8-6-7-17-28(20)25(30)18-33-26(31)22-9-4-5-10-23(22)27-24(29)16-13-19-11-14-21(32-2)15-12-19/h4-5,9-12,14-15,20H,3,6-8,13,16-18H2,1-2H3,(H,27,29). The zero-order chi connectivity index (χ0) is 23.6. The minimum atomic E-state index is -0.625. The normalized spacial score (nSPS) is 15.6. The molecule has 1 saturated heterocycles. The van der Waals surface area contributed by atoms with Gasteiger partial charge in [0, 0.05) is 19.0 Å². The molecular formula is C26H32N2O5. The summed E-state index contributed by atoms with van der Waals surface area (Å²) in [6, 6.07) is 14.4. The molecule has 1 aliphatic rings. The van der Waals surface area contributed by atoms with Crippen molar-refractivity contribution in [2.45, 2.75) is 51.5 Å². The summed E-state index contributed by atoms with van der Waals surface area (Å²) in [6.45, 7) is 2.47. The van der Waals surface area contributed by atoms with Crippen molar-refractivity contribution in [3.05, 3.63) is 59.7 Å². The van der Waals surface area contributed by atoms with Crippen LogP contribution in [0.4, 0.5) is 5.69 Å². The molecule has 1 heterocycles. The lowest BCUT2D eigenvalue weighted by atomic mass is 10.00. The number of hydrogen-bond donors (Lipinski definition) is 1. The van der Waals surface area contributed by atoms with Crippen LogP contribution >= 0.6 is 0 Å². The molecule has 3 rings (SSSR count). The quantitative estimate of drug-likeness (QED) is 0.576. The van der Waals surface area contributed by atoms with E-state index in [4.69, 9.17) is 9.47 Å². The van der Waals surface area contributed by atoms with Crippen LogP contribution in [-0.4, -0.2) is 49.0 Å². The molecule has 0 spiro atoms. The van der Waals surface area contributed by atoms with Crippen LogP contribution in [0.1, 0.15) is 54.9 Å². The molecule has 1 unspecified atom stereocenters. The van der Waals surface area contributed by atoms with E-state index in [9.17, 15) is 14.4 Å². The molecule has 0 bridgehead atoms. The van der Waals surface area contributed by atoms with Crippen molar-refractivity contribution < 1.29 is 23.9 Å². The molecule has 2 amide bonds. The fourth-order valence-electron chi connectivity index (χ4n) is 4.07. The Bertz CT molecular complexity index is 957. The number of carbonyl (C=O) groups is 3. The number of rotatable bonds is 9. The summed E-state index contributed by atoms with van der Waals surface area (Å²) in [7, 11) is 1.61. The van der Waals surface area contributed by atoms with Crippen LogP contribution in [-0.2, 0) is 20.7 Å². The van der Waals surface area contributed by atoms with Gasteiger partial charge in [-0.25, -0.2) is 4.79 Å². The Morgan fingerprint density at radius 3 is 2.55 bits per heavy atom. The largest absolute Gasteiger partial charge is 0.497 e. The number of para-hydroxylation sites is 1. The van der Waals surface area contributed by atoms with E-state index in [1.165, 1.54) is 0 Å². The first-order valence-electron chi connectivity index (χ1n) is 11.5. The highest BCUT2D eigenvalue weighted by Gasteiger charge is 2.26. The molecule has 176 valence electrons. The molecule has 1 atom stereocenters. The number of anilines is 1. The monoisotopic (exact) mass is 452 g/mol. The van der Waals surface area contributed by atoms with Gasteiger partial charge in [0.2, 0.25) is 5.91 Å². The summed E-state index contributed by atoms with van der Waals surface area (Å²) < 4.78 is 10.5. The van der Waals surface area contributed by atoms with Crippen LogP contribution in [0.15, 0.2) is 48.5 Å². The fraction of sp³-hybridized carbons (Fsp3) is 0.423. The number of likely N-dealkylation sites (tertiary alicyclic amines) is 1. The number of hydrogen-bond acceptors (Lipinski definition) is 5. The van der Waals surface area contributed by atoms with Gasteiger partial charge in [-0.05, 0) is 61.9 Å². The minimum absolute atomic E-state index is 0.170. The second kappa shape index (κ2) is 12.0. The number of benzene rings is 2. The SMILES string of the molecule is CCC1CCCCN1C(=O)COC(=O)c1ccccc1NC(=O)CCc1ccc(OC)cc1. The molecule has 0 aromatic heterocycles. The van der Waals surface area contributed by atoms with Crippen molar-refractivity contribution in [1.29, 1.82) is 0 Å². The number of ether oxygens (including phenoxy) is 2. The van der Waals surface area contributed by atoms with Crippen LogP contribution < -0.4 is 10.1 Å². The number of nitrogens with zero attached hydrogens (tertiary/aromatic N) is 1. The van der Waals surface area contributed by atoms with Crippen molar-refractivity contribution >= 4 is 23.5 Å². The van der Waals surface area contributed by atoms with Crippen molar-refractivity contribution in [2.75, 3.05) is 25.6 Å². The fourth-order valence-corrected chi connectivity index (χ4v) is 4.07. The number of methoxy groups -OCH3 is 1. The first-order chi connectivity index (χ1) is 16.0. The maximum atomic E-state index is 12.7. The van der Waals surface area contributed by atoms with E-state index in [1.807, 2.05) is 29.2 Å². The van der Waals surface area contributed by atoms with Crippen LogP contribution in [0.5, 0.6) is 5.75 Å². The second-order valence-electron chi connectivity index (χ2n) is 8.16. The van der Waals surface area contributed by atoms with Gasteiger partial charge in [-0.2, -0.15) is 0 Å². The Hall–Kier alpha value is -3.35. The highest BCUT2D eigenvalue weighted by Crippen LogP contribution is 2.21. The molecule has 0 saturated carbocycles. The third-order valence-corrected chi connectivity index (χ3v) is 5.97. The highest BCUT2D eigenvalue weighted by atomic mass is 16.5. The van der Waals surface area contributed by atoms with Crippen molar-refractivity contribution in [3.8, 4) is 5.75 Å². The predicted molar refractivity (Wildman–Crippen MR) is 126 cm³/mol. The van der Waals surface area contributed by atoms with E-state index in [0.717, 1.165) is 37.0 Å². The number of esters is 1. The van der Waals surface area contributed by atoms with Crippen LogP contribution in [0.3, 0.4) is 0 Å². The third-order valence-electron chi connectivity index (χ3n) is 5.97. The van der Waals surface area contributed by atoms with Crippen molar-refractivity contribution in [2.24, 2.45) is 0 Å². The summed E-state index contributed by atoms with van der Waals surface area (Å²) in [5.74, 6) is -0.240. The van der Waals surface area contributed by atoms with Gasteiger partial charge in [-0.1, -0.05) is 31.2 Å². The molecule has 2 aromatic rings. The van der Waals surface area contributed by atoms with Gasteiger partial charge in [-0.15, -0.1) is 0 Å². The second-order valence-corrected chi connectivity index (χ2v) is 8.16. The van der Waals surface area contributed by atoms with Crippen LogP contribution in [0.25, 0.3) is 0 Å². The number of aryl methyl sites for hydroxylation is 1. The first kappa shape index (κ1) is 24.3. The molecule has 0 radical (unpaired) electrons. The Morgan fingerprint density at radius 1 is 1.06 bits per heavy atom. The average Bonchev–Trinajstić information content (AvgIpc) is 2.86. The molecule has 0 aliphatic carbocycles. The summed E-state index contributed by atoms with van der Waals surface area (Å²) in [6.07, 6.45) is 4.80. The van der Waals surface area contributed by atoms with Gasteiger partial charge < -0.3 is 19.7 Å². The molecule has 2 aromatic carbocycles. The van der Waals surface area contributed by atoms with Crippen molar-refractivity contribution in [3.63, 3.8) is 0 Å². The van der Waals surface area contributed by atoms with Gasteiger partial charge in [0.1, 0.15) is 5.75 Å². The maximum absolute atomic E-state index is 12.7. The van der Waals surface area contributed by atoms with E-state index >= 15 is 0 Å². The van der Waals surface area contributed by atoms with Crippen LogP contribution in [0.2, 0.25) is 0 Å². The molecule has 7 heteroatoms. The lowest BCUT2D eigenvalue weighted by Gasteiger charge is -2.35. The zero-order valence-corrected chi connectivity index (χ0v) is 19.3. The van der Waals surface area contributed by atoms with Gasteiger partial charge in [0.25, 0.3) is 5.91 Å². The summed E-state index contributed by atoms with van der Waals surface area (Å²) >= 11 is 0. The maximum Gasteiger partial charge on any atom is 0.340 e. The summed E-state index contributed by atoms with van der Waals surface area (Å²) in [4.78, 5) is 39.6. The Balaban J connectivity index is 1.54. The van der Waals surface area contributed by atoms with E-state index in [1.54, 1.807) is 31.4 Å². The Morgan fingerprint density at radius 2 is 1.82 bits per heavy atom. The molecular weight excluding hydrogens is 420 g/mol. The summed E-state index contributed by atoms with van der Waals surface area (Å²) in [5, 5.41) is 2.79. The molecule has 1 N–H and O–H groups in total. The third kappa shape index (κ3) is 6.81. The molecule has 1 fully saturated rings. The van der Waals surface area contributed by atoms with E-state index in [2.05, 4.69) is 12.2 Å². The first-order valence-corrected chi connectivity index (χ1v) is 11.5. The predicted octanol–water partition coefficient (Wildman–Crippen LogP) is 4.21. The minimum Gasteiger partial charge on any atom is -0.497 e. The highest BCUT2D eigenvalue weighted by molar-refractivity contribution is 6.01. The number of amides is 2. The van der Waals surface area contributed by atoms with E-state index in [-0.39, 0.29) is 36.4 Å². The zero-order valence-electron chi connectivity index (χ0n) is 19.3. The van der Waals surface area contributed by atoms with E-state index < -0.39 is 5.97 Å². The number of carbonyl (C=O) groups excluding carboxylic acids is 3. The molecule has 33 heavy (non-hydrogen) atoms. The number of piperidine rings is 1. The van der Waals surface area contributed by atoms with Crippen molar-refractivity contribution in [1.82, 2.24) is 4.90 Å². The molecule has 7 nitrogen and oxygen atoms in total. The average molecular weight is 453 g/mol. The Labute approximate surface area is 195 Å².